The number of benzene rings is 2. The number of hydrogen-bond donors (Lipinski definition) is 0. The van der Waals surface area contributed by atoms with E-state index >= 15 is 0 Å². The average molecular weight is 414 g/mol. The molecule has 100 valence electrons. The lowest BCUT2D eigenvalue weighted by atomic mass is 10.2. The summed E-state index contributed by atoms with van der Waals surface area (Å²) < 4.78 is 7.59. The number of nitrogens with zero attached hydrogens (tertiary/aromatic N) is 2. The molecule has 3 aromatic rings. The molecule has 6 heteroatoms. The monoisotopic (exact) mass is 412 g/mol. The highest BCUT2D eigenvalue weighted by atomic mass is 79.9. The molecule has 20 heavy (non-hydrogen) atoms. The molecule has 0 amide bonds. The Morgan fingerprint density at radius 3 is 2.25 bits per heavy atom. The van der Waals surface area contributed by atoms with Crippen molar-refractivity contribution in [3.05, 3.63) is 56.4 Å². The summed E-state index contributed by atoms with van der Waals surface area (Å²) in [5.41, 5.74) is 1.56. The van der Waals surface area contributed by atoms with Crippen LogP contribution >= 0.6 is 43.5 Å². The molecule has 0 bridgehead atoms. The lowest BCUT2D eigenvalue weighted by molar-refractivity contribution is 0.584. The minimum absolute atomic E-state index is 0.397. The number of rotatable bonds is 2. The largest absolute Gasteiger partial charge is 0.416 e. The summed E-state index contributed by atoms with van der Waals surface area (Å²) in [5, 5.41) is 8.68. The fraction of sp³-hybridized carbons (Fsp3) is 0. The molecule has 0 unspecified atom stereocenters. The van der Waals surface area contributed by atoms with Gasteiger partial charge in [-0.05, 0) is 42.5 Å². The van der Waals surface area contributed by atoms with E-state index in [1.807, 2.05) is 36.4 Å². The van der Waals surface area contributed by atoms with Crippen molar-refractivity contribution < 1.29 is 4.42 Å². The van der Waals surface area contributed by atoms with Gasteiger partial charge in [-0.15, -0.1) is 10.2 Å². The number of aromatic nitrogens is 2. The van der Waals surface area contributed by atoms with E-state index in [1.54, 1.807) is 6.07 Å². The van der Waals surface area contributed by atoms with Crippen LogP contribution in [0.25, 0.3) is 22.9 Å². The van der Waals surface area contributed by atoms with Gasteiger partial charge in [0.2, 0.25) is 11.8 Å². The normalized spacial score (nSPS) is 10.8. The lowest BCUT2D eigenvalue weighted by Crippen LogP contribution is -1.80. The molecular formula is C14H7Br2ClN2O. The molecule has 0 N–H and O–H groups in total. The molecule has 1 aromatic heterocycles. The summed E-state index contributed by atoms with van der Waals surface area (Å²) in [4.78, 5) is 0. The topological polar surface area (TPSA) is 38.9 Å². The SMILES string of the molecule is Clc1ccc(Br)cc1-c1nnc(-c2ccc(Br)cc2)o1. The summed E-state index contributed by atoms with van der Waals surface area (Å²) in [5.74, 6) is 0.859. The third-order valence-corrected chi connectivity index (χ3v) is 4.03. The van der Waals surface area contributed by atoms with Crippen molar-refractivity contribution in [3.8, 4) is 22.9 Å². The summed E-state index contributed by atoms with van der Waals surface area (Å²) in [6.07, 6.45) is 0. The second-order valence-corrected chi connectivity index (χ2v) is 6.28. The standard InChI is InChI=1S/C14H7Br2ClN2O/c15-9-3-1-8(2-4-9)13-18-19-14(20-13)11-7-10(16)5-6-12(11)17/h1-7H. The van der Waals surface area contributed by atoms with E-state index in [2.05, 4.69) is 42.1 Å². The van der Waals surface area contributed by atoms with Crippen molar-refractivity contribution in [1.82, 2.24) is 10.2 Å². The first-order chi connectivity index (χ1) is 9.63. The Balaban J connectivity index is 2.01. The zero-order chi connectivity index (χ0) is 14.1. The Hall–Kier alpha value is -1.17. The minimum Gasteiger partial charge on any atom is -0.416 e. The van der Waals surface area contributed by atoms with Crippen molar-refractivity contribution in [2.75, 3.05) is 0 Å². The highest BCUT2D eigenvalue weighted by molar-refractivity contribution is 9.10. The molecule has 3 nitrogen and oxygen atoms in total. The zero-order valence-corrected chi connectivity index (χ0v) is 13.9. The van der Waals surface area contributed by atoms with E-state index in [4.69, 9.17) is 16.0 Å². The molecule has 0 aliphatic carbocycles. The van der Waals surface area contributed by atoms with Crippen LogP contribution in [0, 0.1) is 0 Å². The van der Waals surface area contributed by atoms with Gasteiger partial charge in [-0.3, -0.25) is 0 Å². The molecule has 0 aliphatic rings. The molecule has 0 radical (unpaired) electrons. The second-order valence-electron chi connectivity index (χ2n) is 4.04. The van der Waals surface area contributed by atoms with Crippen molar-refractivity contribution in [2.45, 2.75) is 0 Å². The van der Waals surface area contributed by atoms with E-state index in [0.29, 0.717) is 22.4 Å². The van der Waals surface area contributed by atoms with Gasteiger partial charge in [0.05, 0.1) is 10.6 Å². The Kier molecular flexibility index (Phi) is 3.92. The van der Waals surface area contributed by atoms with E-state index in [1.165, 1.54) is 0 Å². The van der Waals surface area contributed by atoms with Gasteiger partial charge in [0, 0.05) is 14.5 Å². The maximum absolute atomic E-state index is 6.15. The van der Waals surface area contributed by atoms with Crippen LogP contribution in [-0.4, -0.2) is 10.2 Å². The van der Waals surface area contributed by atoms with Gasteiger partial charge in [0.15, 0.2) is 0 Å². The van der Waals surface area contributed by atoms with Crippen LogP contribution in [0.2, 0.25) is 5.02 Å². The average Bonchev–Trinajstić information content (AvgIpc) is 2.92. The molecule has 1 heterocycles. The highest BCUT2D eigenvalue weighted by Crippen LogP contribution is 2.31. The van der Waals surface area contributed by atoms with Crippen molar-refractivity contribution in [2.24, 2.45) is 0 Å². The van der Waals surface area contributed by atoms with Crippen LogP contribution in [0.4, 0.5) is 0 Å². The van der Waals surface area contributed by atoms with Gasteiger partial charge in [-0.2, -0.15) is 0 Å². The Labute approximate surface area is 137 Å². The third kappa shape index (κ3) is 2.80. The van der Waals surface area contributed by atoms with Gasteiger partial charge in [-0.1, -0.05) is 43.5 Å². The summed E-state index contributed by atoms with van der Waals surface area (Å²) in [6, 6.07) is 13.1. The zero-order valence-electron chi connectivity index (χ0n) is 9.98. The van der Waals surface area contributed by atoms with Crippen molar-refractivity contribution in [3.63, 3.8) is 0 Å². The fourth-order valence-corrected chi connectivity index (χ4v) is 2.53. The van der Waals surface area contributed by atoms with E-state index in [9.17, 15) is 0 Å². The van der Waals surface area contributed by atoms with Gasteiger partial charge in [0.1, 0.15) is 0 Å². The van der Waals surface area contributed by atoms with Crippen LogP contribution in [0.15, 0.2) is 55.8 Å². The van der Waals surface area contributed by atoms with Crippen molar-refractivity contribution >= 4 is 43.5 Å². The molecule has 2 aromatic carbocycles. The van der Waals surface area contributed by atoms with Crippen molar-refractivity contribution in [1.29, 1.82) is 0 Å². The maximum Gasteiger partial charge on any atom is 0.249 e. The molecule has 0 aliphatic heterocycles. The Bertz CT molecular complexity index is 756. The fourth-order valence-electron chi connectivity index (χ4n) is 1.70. The smallest absolute Gasteiger partial charge is 0.249 e. The first-order valence-corrected chi connectivity index (χ1v) is 7.65. The quantitative estimate of drug-likeness (QED) is 0.549. The highest BCUT2D eigenvalue weighted by Gasteiger charge is 2.13. The van der Waals surface area contributed by atoms with Crippen LogP contribution < -0.4 is 0 Å². The lowest BCUT2D eigenvalue weighted by Gasteiger charge is -1.99. The third-order valence-electron chi connectivity index (χ3n) is 2.67. The molecule has 3 rings (SSSR count). The minimum atomic E-state index is 0.397. The second kappa shape index (κ2) is 5.68. The van der Waals surface area contributed by atoms with E-state index in [-0.39, 0.29) is 0 Å². The molecule has 0 spiro atoms. The van der Waals surface area contributed by atoms with E-state index < -0.39 is 0 Å². The molecule has 0 saturated carbocycles. The van der Waals surface area contributed by atoms with Gasteiger partial charge in [0.25, 0.3) is 0 Å². The summed E-state index contributed by atoms with van der Waals surface area (Å²) in [7, 11) is 0. The molecular weight excluding hydrogens is 407 g/mol. The Morgan fingerprint density at radius 1 is 0.850 bits per heavy atom. The predicted molar refractivity (Wildman–Crippen MR) is 85.6 cm³/mol. The predicted octanol–water partition coefficient (Wildman–Crippen LogP) is 5.58. The van der Waals surface area contributed by atoms with Crippen LogP contribution in [0.5, 0.6) is 0 Å². The molecule has 0 saturated heterocycles. The van der Waals surface area contributed by atoms with Crippen LogP contribution in [0.3, 0.4) is 0 Å². The van der Waals surface area contributed by atoms with E-state index in [0.717, 1.165) is 14.5 Å². The maximum atomic E-state index is 6.15. The molecule has 0 fully saturated rings. The van der Waals surface area contributed by atoms with Gasteiger partial charge >= 0.3 is 0 Å². The van der Waals surface area contributed by atoms with Gasteiger partial charge < -0.3 is 4.42 Å². The summed E-state index contributed by atoms with van der Waals surface area (Å²) in [6.45, 7) is 0. The first kappa shape index (κ1) is 13.8. The number of hydrogen-bond acceptors (Lipinski definition) is 3. The molecule has 0 atom stereocenters. The first-order valence-electron chi connectivity index (χ1n) is 5.68. The summed E-state index contributed by atoms with van der Waals surface area (Å²) >= 11 is 12.9. The van der Waals surface area contributed by atoms with Crippen LogP contribution in [0.1, 0.15) is 0 Å². The number of halogens is 3. The van der Waals surface area contributed by atoms with Gasteiger partial charge in [-0.25, -0.2) is 0 Å². The van der Waals surface area contributed by atoms with Crippen LogP contribution in [-0.2, 0) is 0 Å². The Morgan fingerprint density at radius 2 is 1.50 bits per heavy atom.